The molecule has 7 nitrogen and oxygen atoms in total. The van der Waals surface area contributed by atoms with Crippen molar-refractivity contribution in [2.24, 2.45) is 5.10 Å². The van der Waals surface area contributed by atoms with Crippen molar-refractivity contribution in [3.63, 3.8) is 0 Å². The highest BCUT2D eigenvalue weighted by molar-refractivity contribution is 9.10. The second kappa shape index (κ2) is 7.79. The Morgan fingerprint density at radius 1 is 1.19 bits per heavy atom. The van der Waals surface area contributed by atoms with Gasteiger partial charge >= 0.3 is 5.97 Å². The van der Waals surface area contributed by atoms with Crippen LogP contribution in [0.5, 0.6) is 11.5 Å². The number of hydrazone groups is 1. The lowest BCUT2D eigenvalue weighted by Crippen LogP contribution is -2.26. The van der Waals surface area contributed by atoms with Crippen LogP contribution in [0.1, 0.15) is 31.2 Å². The van der Waals surface area contributed by atoms with Gasteiger partial charge in [0.25, 0.3) is 0 Å². The minimum absolute atomic E-state index is 0.269. The molecule has 0 radical (unpaired) electrons. The van der Waals surface area contributed by atoms with Gasteiger partial charge in [0.15, 0.2) is 0 Å². The van der Waals surface area contributed by atoms with E-state index in [9.17, 15) is 9.59 Å². The number of halogens is 1. The van der Waals surface area contributed by atoms with Crippen LogP contribution in [-0.2, 0) is 14.3 Å². The molecule has 0 saturated carbocycles. The Kier molecular flexibility index (Phi) is 5.46. The van der Waals surface area contributed by atoms with E-state index in [0.717, 1.165) is 4.47 Å². The third-order valence-corrected chi connectivity index (χ3v) is 4.27. The molecule has 0 aromatic heterocycles. The highest BCUT2D eigenvalue weighted by atomic mass is 79.9. The average molecular weight is 433 g/mol. The lowest BCUT2D eigenvalue weighted by atomic mass is 10.1. The van der Waals surface area contributed by atoms with Crippen molar-refractivity contribution in [2.45, 2.75) is 20.1 Å². The maximum atomic E-state index is 12.2. The third-order valence-electron chi connectivity index (χ3n) is 3.77. The molecular formula is C19H17BrN2O5. The average Bonchev–Trinajstić information content (AvgIpc) is 3.07. The summed E-state index contributed by atoms with van der Waals surface area (Å²) in [6.45, 7) is 2.69. The van der Waals surface area contributed by atoms with Crippen LogP contribution in [0.25, 0.3) is 0 Å². The van der Waals surface area contributed by atoms with Crippen molar-refractivity contribution in [3.05, 3.63) is 58.1 Å². The second-order valence-electron chi connectivity index (χ2n) is 5.75. The summed E-state index contributed by atoms with van der Waals surface area (Å²) in [5.41, 5.74) is 1.16. The van der Waals surface area contributed by atoms with Gasteiger partial charge in [-0.1, -0.05) is 22.0 Å². The predicted octanol–water partition coefficient (Wildman–Crippen LogP) is 3.62. The standard InChI is InChI=1S/C19H17BrN2O5/c1-11(23)22-19(27-18(21-22)13-5-4-6-14(20)9-13)16-10-15(25-3)7-8-17(16)26-12(2)24/h4-10,19H,1-3H3. The minimum atomic E-state index is -0.888. The summed E-state index contributed by atoms with van der Waals surface area (Å²) >= 11 is 3.41. The fraction of sp³-hybridized carbons (Fsp3) is 0.211. The molecule has 0 bridgehead atoms. The molecule has 27 heavy (non-hydrogen) atoms. The van der Waals surface area contributed by atoms with E-state index in [2.05, 4.69) is 21.0 Å². The van der Waals surface area contributed by atoms with E-state index in [0.29, 0.717) is 16.9 Å². The van der Waals surface area contributed by atoms with Crippen LogP contribution in [0.2, 0.25) is 0 Å². The molecular weight excluding hydrogens is 416 g/mol. The lowest BCUT2D eigenvalue weighted by Gasteiger charge is -2.21. The third kappa shape index (κ3) is 4.11. The Balaban J connectivity index is 2.03. The lowest BCUT2D eigenvalue weighted by molar-refractivity contribution is -0.135. The van der Waals surface area contributed by atoms with E-state index in [4.69, 9.17) is 14.2 Å². The fourth-order valence-corrected chi connectivity index (χ4v) is 3.00. The van der Waals surface area contributed by atoms with Crippen molar-refractivity contribution in [1.29, 1.82) is 0 Å². The summed E-state index contributed by atoms with van der Waals surface area (Å²) in [6, 6.07) is 12.3. The summed E-state index contributed by atoms with van der Waals surface area (Å²) in [5, 5.41) is 5.51. The van der Waals surface area contributed by atoms with E-state index < -0.39 is 12.2 Å². The number of ether oxygens (including phenoxy) is 3. The summed E-state index contributed by atoms with van der Waals surface area (Å²) in [6.07, 6.45) is -0.888. The van der Waals surface area contributed by atoms with Crippen molar-refractivity contribution >= 4 is 33.7 Å². The number of methoxy groups -OCH3 is 1. The molecule has 0 spiro atoms. The molecule has 1 atom stereocenters. The van der Waals surface area contributed by atoms with E-state index in [1.54, 1.807) is 18.2 Å². The number of benzene rings is 2. The van der Waals surface area contributed by atoms with Crippen LogP contribution in [0.3, 0.4) is 0 Å². The van der Waals surface area contributed by atoms with Crippen LogP contribution >= 0.6 is 15.9 Å². The van der Waals surface area contributed by atoms with Crippen LogP contribution in [-0.4, -0.2) is 29.9 Å². The number of rotatable bonds is 4. The molecule has 1 aliphatic heterocycles. The van der Waals surface area contributed by atoms with Crippen molar-refractivity contribution in [1.82, 2.24) is 5.01 Å². The van der Waals surface area contributed by atoms with Crippen LogP contribution in [0, 0.1) is 0 Å². The number of nitrogens with zero attached hydrogens (tertiary/aromatic N) is 2. The zero-order chi connectivity index (χ0) is 19.6. The molecule has 1 unspecified atom stereocenters. The maximum Gasteiger partial charge on any atom is 0.308 e. The topological polar surface area (TPSA) is 77.4 Å². The largest absolute Gasteiger partial charge is 0.497 e. The smallest absolute Gasteiger partial charge is 0.308 e. The van der Waals surface area contributed by atoms with Crippen molar-refractivity contribution in [3.8, 4) is 11.5 Å². The van der Waals surface area contributed by atoms with Gasteiger partial charge in [0.1, 0.15) is 11.5 Å². The second-order valence-corrected chi connectivity index (χ2v) is 6.66. The summed E-state index contributed by atoms with van der Waals surface area (Å²) in [7, 11) is 1.52. The Morgan fingerprint density at radius 3 is 2.59 bits per heavy atom. The van der Waals surface area contributed by atoms with Crippen LogP contribution in [0.15, 0.2) is 52.0 Å². The first-order valence-electron chi connectivity index (χ1n) is 8.06. The number of amides is 1. The molecule has 1 aliphatic rings. The first-order valence-corrected chi connectivity index (χ1v) is 8.85. The number of hydrogen-bond donors (Lipinski definition) is 0. The molecule has 2 aromatic carbocycles. The fourth-order valence-electron chi connectivity index (χ4n) is 2.60. The highest BCUT2D eigenvalue weighted by Gasteiger charge is 2.35. The highest BCUT2D eigenvalue weighted by Crippen LogP contribution is 2.38. The zero-order valence-corrected chi connectivity index (χ0v) is 16.5. The quantitative estimate of drug-likeness (QED) is 0.544. The molecule has 1 amide bonds. The molecule has 3 rings (SSSR count). The van der Waals surface area contributed by atoms with Crippen LogP contribution < -0.4 is 9.47 Å². The molecule has 0 saturated heterocycles. The maximum absolute atomic E-state index is 12.2. The van der Waals surface area contributed by atoms with E-state index in [1.807, 2.05) is 24.3 Å². The molecule has 2 aromatic rings. The van der Waals surface area contributed by atoms with Crippen LogP contribution in [0.4, 0.5) is 0 Å². The van der Waals surface area contributed by atoms with Gasteiger partial charge in [-0.05, 0) is 36.4 Å². The van der Waals surface area contributed by atoms with Crippen molar-refractivity contribution < 1.29 is 23.8 Å². The van der Waals surface area contributed by atoms with Gasteiger partial charge in [0, 0.05) is 23.9 Å². The Morgan fingerprint density at radius 2 is 1.96 bits per heavy atom. The monoisotopic (exact) mass is 432 g/mol. The Labute approximate surface area is 164 Å². The Hall–Kier alpha value is -2.87. The molecule has 8 heteroatoms. The van der Waals surface area contributed by atoms with Gasteiger partial charge in [0.2, 0.25) is 18.0 Å². The van der Waals surface area contributed by atoms with Gasteiger partial charge in [-0.2, -0.15) is 5.01 Å². The van der Waals surface area contributed by atoms with Gasteiger partial charge < -0.3 is 14.2 Å². The summed E-state index contributed by atoms with van der Waals surface area (Å²) in [4.78, 5) is 23.6. The Bertz CT molecular complexity index is 928. The number of carbonyl (C=O) groups excluding carboxylic acids is 2. The first-order chi connectivity index (χ1) is 12.9. The van der Waals surface area contributed by atoms with E-state index in [-0.39, 0.29) is 17.6 Å². The SMILES string of the molecule is COc1ccc(OC(C)=O)c(C2OC(c3cccc(Br)c3)=NN2C(C)=O)c1. The van der Waals surface area contributed by atoms with Gasteiger partial charge in [-0.3, -0.25) is 9.59 Å². The zero-order valence-electron chi connectivity index (χ0n) is 14.9. The van der Waals surface area contributed by atoms with E-state index >= 15 is 0 Å². The minimum Gasteiger partial charge on any atom is -0.497 e. The van der Waals surface area contributed by atoms with Gasteiger partial charge in [-0.15, -0.1) is 5.10 Å². The van der Waals surface area contributed by atoms with Gasteiger partial charge in [0.05, 0.1) is 12.7 Å². The molecule has 1 heterocycles. The molecule has 140 valence electrons. The summed E-state index contributed by atoms with van der Waals surface area (Å²) < 4.78 is 17.4. The molecule has 0 N–H and O–H groups in total. The predicted molar refractivity (Wildman–Crippen MR) is 101 cm³/mol. The molecule has 0 aliphatic carbocycles. The number of hydrogen-bond acceptors (Lipinski definition) is 6. The first kappa shape index (κ1) is 18.9. The normalized spacial score (nSPS) is 15.8. The summed E-state index contributed by atoms with van der Waals surface area (Å²) in [5.74, 6) is 0.283. The number of carbonyl (C=O) groups is 2. The van der Waals surface area contributed by atoms with Crippen molar-refractivity contribution in [2.75, 3.05) is 7.11 Å². The van der Waals surface area contributed by atoms with E-state index in [1.165, 1.54) is 26.0 Å². The number of esters is 1. The molecule has 0 fully saturated rings. The van der Waals surface area contributed by atoms with Gasteiger partial charge in [-0.25, -0.2) is 0 Å².